The lowest BCUT2D eigenvalue weighted by molar-refractivity contribution is 0.0974. The number of hydrogen-bond acceptors (Lipinski definition) is 3. The van der Waals surface area contributed by atoms with Crippen molar-refractivity contribution in [2.45, 2.75) is 13.0 Å². The molecule has 2 aromatic heterocycles. The average Bonchev–Trinajstić information content (AvgIpc) is 3.11. The number of carbonyl (C=O) groups excluding carboxylic acids is 1. The molecule has 4 nitrogen and oxygen atoms in total. The highest BCUT2D eigenvalue weighted by Crippen LogP contribution is 2.27. The van der Waals surface area contributed by atoms with Crippen molar-refractivity contribution in [1.29, 1.82) is 0 Å². The van der Waals surface area contributed by atoms with Crippen LogP contribution in [-0.4, -0.2) is 10.9 Å². The van der Waals surface area contributed by atoms with Crippen molar-refractivity contribution in [2.24, 2.45) is 0 Å². The predicted octanol–water partition coefficient (Wildman–Crippen LogP) is 4.22. The summed E-state index contributed by atoms with van der Waals surface area (Å²) in [6, 6.07) is 14.0. The molecule has 3 rings (SSSR count). The highest BCUT2D eigenvalue weighted by molar-refractivity contribution is 6.05. The lowest BCUT2D eigenvalue weighted by atomic mass is 10.1. The molecule has 23 heavy (non-hydrogen) atoms. The molecule has 116 valence electrons. The molecule has 0 saturated heterocycles. The molecule has 2 heterocycles. The van der Waals surface area contributed by atoms with E-state index in [2.05, 4.69) is 4.98 Å². The van der Waals surface area contributed by atoms with E-state index in [1.54, 1.807) is 36.7 Å². The zero-order valence-corrected chi connectivity index (χ0v) is 12.5. The number of anilines is 1. The van der Waals surface area contributed by atoms with E-state index in [0.717, 1.165) is 0 Å². The maximum atomic E-state index is 13.1. The number of carbonyl (C=O) groups is 1. The van der Waals surface area contributed by atoms with Crippen LogP contribution in [0.2, 0.25) is 0 Å². The molecular weight excluding hydrogens is 295 g/mol. The molecule has 0 unspecified atom stereocenters. The summed E-state index contributed by atoms with van der Waals surface area (Å²) in [4.78, 5) is 18.7. The van der Waals surface area contributed by atoms with Crippen LogP contribution < -0.4 is 4.90 Å². The summed E-state index contributed by atoms with van der Waals surface area (Å²) < 4.78 is 18.5. The Morgan fingerprint density at radius 1 is 1.13 bits per heavy atom. The minimum Gasteiger partial charge on any atom is -0.467 e. The number of nitrogens with zero attached hydrogens (tertiary/aromatic N) is 2. The maximum Gasteiger partial charge on any atom is 0.260 e. The minimum absolute atomic E-state index is 0.271. The summed E-state index contributed by atoms with van der Waals surface area (Å²) in [7, 11) is 0. The summed E-state index contributed by atoms with van der Waals surface area (Å²) in [5, 5.41) is 0. The van der Waals surface area contributed by atoms with Crippen LogP contribution in [0.25, 0.3) is 0 Å². The van der Waals surface area contributed by atoms with Crippen LogP contribution >= 0.6 is 0 Å². The van der Waals surface area contributed by atoms with Crippen molar-refractivity contribution < 1.29 is 13.6 Å². The quantitative estimate of drug-likeness (QED) is 0.724. The summed E-state index contributed by atoms with van der Waals surface area (Å²) in [6.45, 7) is 1.86. The third-order valence-electron chi connectivity index (χ3n) is 3.55. The first-order valence-corrected chi connectivity index (χ1v) is 7.20. The number of amides is 1. The molecule has 0 bridgehead atoms. The Morgan fingerprint density at radius 2 is 1.91 bits per heavy atom. The highest BCUT2D eigenvalue weighted by atomic mass is 19.1. The zero-order chi connectivity index (χ0) is 16.2. The van der Waals surface area contributed by atoms with Gasteiger partial charge in [0.15, 0.2) is 0 Å². The highest BCUT2D eigenvalue weighted by Gasteiger charge is 2.27. The van der Waals surface area contributed by atoms with Crippen molar-refractivity contribution in [1.82, 2.24) is 4.98 Å². The molecule has 0 N–H and O–H groups in total. The van der Waals surface area contributed by atoms with Gasteiger partial charge in [0.1, 0.15) is 17.4 Å². The molecule has 5 heteroatoms. The van der Waals surface area contributed by atoms with Crippen LogP contribution in [0, 0.1) is 5.82 Å². The van der Waals surface area contributed by atoms with Gasteiger partial charge in [0.2, 0.25) is 0 Å². The van der Waals surface area contributed by atoms with Crippen LogP contribution in [0.3, 0.4) is 0 Å². The van der Waals surface area contributed by atoms with Gasteiger partial charge in [-0.3, -0.25) is 9.69 Å². The van der Waals surface area contributed by atoms with Gasteiger partial charge in [-0.1, -0.05) is 6.07 Å². The number of pyridine rings is 1. The molecule has 0 aliphatic carbocycles. The van der Waals surface area contributed by atoms with E-state index < -0.39 is 0 Å². The molecule has 1 atom stereocenters. The number of benzene rings is 1. The second kappa shape index (κ2) is 6.44. The van der Waals surface area contributed by atoms with Gasteiger partial charge < -0.3 is 4.42 Å². The fourth-order valence-electron chi connectivity index (χ4n) is 2.36. The van der Waals surface area contributed by atoms with Crippen molar-refractivity contribution >= 4 is 11.7 Å². The van der Waals surface area contributed by atoms with E-state index in [9.17, 15) is 9.18 Å². The summed E-state index contributed by atoms with van der Waals surface area (Å²) in [6.07, 6.45) is 3.18. The normalized spacial score (nSPS) is 11.9. The van der Waals surface area contributed by atoms with Crippen LogP contribution in [0.5, 0.6) is 0 Å². The molecule has 1 aromatic carbocycles. The summed E-state index contributed by atoms with van der Waals surface area (Å²) >= 11 is 0. The first-order chi connectivity index (χ1) is 11.2. The van der Waals surface area contributed by atoms with Crippen LogP contribution in [0.15, 0.2) is 71.5 Å². The van der Waals surface area contributed by atoms with Crippen LogP contribution in [-0.2, 0) is 0 Å². The van der Waals surface area contributed by atoms with E-state index in [0.29, 0.717) is 17.1 Å². The number of hydrogen-bond donors (Lipinski definition) is 0. The van der Waals surface area contributed by atoms with Crippen LogP contribution in [0.1, 0.15) is 29.1 Å². The smallest absolute Gasteiger partial charge is 0.260 e. The fraction of sp³-hybridized carbons (Fsp3) is 0.111. The molecule has 0 saturated carbocycles. The van der Waals surface area contributed by atoms with Gasteiger partial charge in [0.05, 0.1) is 12.3 Å². The van der Waals surface area contributed by atoms with Crippen molar-refractivity contribution in [3.05, 3.63) is 84.2 Å². The van der Waals surface area contributed by atoms with Gasteiger partial charge >= 0.3 is 0 Å². The van der Waals surface area contributed by atoms with Gasteiger partial charge in [-0.05, 0) is 55.5 Å². The number of aromatic nitrogens is 1. The third-order valence-corrected chi connectivity index (χ3v) is 3.55. The molecule has 0 fully saturated rings. The molecule has 3 aromatic rings. The Balaban J connectivity index is 2.01. The Hall–Kier alpha value is -2.95. The second-order valence-corrected chi connectivity index (χ2v) is 5.06. The van der Waals surface area contributed by atoms with E-state index in [-0.39, 0.29) is 17.8 Å². The molecule has 1 amide bonds. The van der Waals surface area contributed by atoms with Crippen molar-refractivity contribution in [2.75, 3.05) is 4.90 Å². The molecule has 0 spiro atoms. The van der Waals surface area contributed by atoms with Crippen LogP contribution in [0.4, 0.5) is 10.2 Å². The topological polar surface area (TPSA) is 46.3 Å². The van der Waals surface area contributed by atoms with Gasteiger partial charge in [0.25, 0.3) is 5.91 Å². The number of rotatable bonds is 4. The first kappa shape index (κ1) is 15.0. The van der Waals surface area contributed by atoms with E-state index in [1.807, 2.05) is 13.0 Å². The Bertz CT molecular complexity index is 771. The summed E-state index contributed by atoms with van der Waals surface area (Å²) in [5.41, 5.74) is 0.385. The molecule has 0 aliphatic heterocycles. The van der Waals surface area contributed by atoms with Gasteiger partial charge in [-0.25, -0.2) is 9.37 Å². The van der Waals surface area contributed by atoms with Gasteiger partial charge in [-0.15, -0.1) is 0 Å². The van der Waals surface area contributed by atoms with Gasteiger partial charge in [-0.2, -0.15) is 0 Å². The third kappa shape index (κ3) is 3.13. The zero-order valence-electron chi connectivity index (χ0n) is 12.5. The standard InChI is InChI=1S/C18H15FN2O2/c1-13(16-5-4-12-23-16)21(17-6-2-3-11-20-17)18(22)14-7-9-15(19)10-8-14/h2-13H,1H3/t13-/m1/s1. The minimum atomic E-state index is -0.384. The van der Waals surface area contributed by atoms with Crippen molar-refractivity contribution in [3.8, 4) is 0 Å². The molecule has 0 radical (unpaired) electrons. The number of furan rings is 1. The Kier molecular flexibility index (Phi) is 4.19. The number of halogens is 1. The van der Waals surface area contributed by atoms with E-state index in [4.69, 9.17) is 4.42 Å². The fourth-order valence-corrected chi connectivity index (χ4v) is 2.36. The Morgan fingerprint density at radius 3 is 2.52 bits per heavy atom. The predicted molar refractivity (Wildman–Crippen MR) is 84.6 cm³/mol. The summed E-state index contributed by atoms with van der Waals surface area (Å²) in [5.74, 6) is 0.495. The molecular formula is C18H15FN2O2. The second-order valence-electron chi connectivity index (χ2n) is 5.06. The lowest BCUT2D eigenvalue weighted by Crippen LogP contribution is -2.34. The van der Waals surface area contributed by atoms with E-state index >= 15 is 0 Å². The van der Waals surface area contributed by atoms with E-state index in [1.165, 1.54) is 29.2 Å². The Labute approximate surface area is 133 Å². The molecule has 0 aliphatic rings. The SMILES string of the molecule is C[C@H](c1ccco1)N(C(=O)c1ccc(F)cc1)c1ccccn1. The lowest BCUT2D eigenvalue weighted by Gasteiger charge is -2.27. The largest absolute Gasteiger partial charge is 0.467 e. The first-order valence-electron chi connectivity index (χ1n) is 7.20. The van der Waals surface area contributed by atoms with Crippen molar-refractivity contribution in [3.63, 3.8) is 0 Å². The van der Waals surface area contributed by atoms with Gasteiger partial charge in [0, 0.05) is 11.8 Å². The monoisotopic (exact) mass is 310 g/mol. The maximum absolute atomic E-state index is 13.1. The average molecular weight is 310 g/mol.